The van der Waals surface area contributed by atoms with Crippen molar-refractivity contribution in [3.63, 3.8) is 0 Å². The zero-order chi connectivity index (χ0) is 20.5. The average molecular weight is 405 g/mol. The van der Waals surface area contributed by atoms with Crippen LogP contribution in [-0.4, -0.2) is 41.2 Å². The van der Waals surface area contributed by atoms with Gasteiger partial charge in [-0.3, -0.25) is 9.59 Å². The fourth-order valence-electron chi connectivity index (χ4n) is 6.64. The lowest BCUT2D eigenvalue weighted by atomic mass is 9.50. The van der Waals surface area contributed by atoms with E-state index in [4.69, 9.17) is 0 Å². The van der Waals surface area contributed by atoms with Crippen LogP contribution in [0.25, 0.3) is 10.9 Å². The Balaban J connectivity index is 1.32. The summed E-state index contributed by atoms with van der Waals surface area (Å²) in [5.41, 5.74) is 0.566. The van der Waals surface area contributed by atoms with Gasteiger partial charge in [0.15, 0.2) is 6.33 Å². The van der Waals surface area contributed by atoms with Gasteiger partial charge in [0, 0.05) is 18.2 Å². The largest absolute Gasteiger partial charge is 0.346 e. The van der Waals surface area contributed by atoms with Crippen molar-refractivity contribution in [2.24, 2.45) is 18.9 Å². The SMILES string of the molecule is Cn1cnc2cc(C(=O)NC34CC5CC(C3)CC(n3ncnn3)(C5)C4)ccc2c1=O. The minimum atomic E-state index is -0.246. The number of hydrogen-bond acceptors (Lipinski definition) is 6. The first-order valence-electron chi connectivity index (χ1n) is 10.5. The van der Waals surface area contributed by atoms with Crippen molar-refractivity contribution < 1.29 is 4.79 Å². The topological polar surface area (TPSA) is 108 Å². The van der Waals surface area contributed by atoms with E-state index in [1.54, 1.807) is 30.0 Å². The van der Waals surface area contributed by atoms with Gasteiger partial charge in [-0.25, -0.2) is 4.98 Å². The molecular weight excluding hydrogens is 382 g/mol. The molecule has 2 aromatic heterocycles. The van der Waals surface area contributed by atoms with Crippen LogP contribution >= 0.6 is 0 Å². The van der Waals surface area contributed by atoms with Crippen LogP contribution in [0, 0.1) is 11.8 Å². The third-order valence-electron chi connectivity index (χ3n) is 7.36. The van der Waals surface area contributed by atoms with Crippen LogP contribution in [0.3, 0.4) is 0 Å². The average Bonchev–Trinajstić information content (AvgIpc) is 3.25. The number of aromatic nitrogens is 6. The lowest BCUT2D eigenvalue weighted by molar-refractivity contribution is -0.0810. The van der Waals surface area contributed by atoms with E-state index in [9.17, 15) is 9.59 Å². The number of aryl methyl sites for hydroxylation is 1. The van der Waals surface area contributed by atoms with E-state index in [0.717, 1.165) is 32.1 Å². The second kappa shape index (κ2) is 5.96. The van der Waals surface area contributed by atoms with Crippen molar-refractivity contribution in [1.29, 1.82) is 0 Å². The number of rotatable bonds is 3. The molecule has 30 heavy (non-hydrogen) atoms. The van der Waals surface area contributed by atoms with Crippen LogP contribution in [0.5, 0.6) is 0 Å². The van der Waals surface area contributed by atoms with E-state index in [-0.39, 0.29) is 22.5 Å². The van der Waals surface area contributed by atoms with Gasteiger partial charge in [0.2, 0.25) is 0 Å². The summed E-state index contributed by atoms with van der Waals surface area (Å²) in [5, 5.41) is 16.4. The molecule has 2 heterocycles. The summed E-state index contributed by atoms with van der Waals surface area (Å²) in [7, 11) is 1.67. The minimum absolute atomic E-state index is 0.108. The van der Waals surface area contributed by atoms with Crippen molar-refractivity contribution in [2.75, 3.05) is 0 Å². The molecule has 2 unspecified atom stereocenters. The Bertz CT molecular complexity index is 1200. The summed E-state index contributed by atoms with van der Waals surface area (Å²) in [4.78, 5) is 31.6. The summed E-state index contributed by atoms with van der Waals surface area (Å²) in [6.07, 6.45) is 9.15. The Morgan fingerprint density at radius 2 is 2.00 bits per heavy atom. The minimum Gasteiger partial charge on any atom is -0.346 e. The number of tetrazole rings is 1. The van der Waals surface area contributed by atoms with Crippen LogP contribution in [0.15, 0.2) is 35.6 Å². The third-order valence-corrected chi connectivity index (χ3v) is 7.36. The van der Waals surface area contributed by atoms with Gasteiger partial charge >= 0.3 is 0 Å². The molecule has 0 spiro atoms. The molecule has 4 aliphatic carbocycles. The molecule has 1 amide bonds. The Morgan fingerprint density at radius 1 is 1.20 bits per heavy atom. The van der Waals surface area contributed by atoms with Crippen LogP contribution in [-0.2, 0) is 12.6 Å². The van der Waals surface area contributed by atoms with Gasteiger partial charge in [-0.1, -0.05) is 0 Å². The van der Waals surface area contributed by atoms with Crippen LogP contribution in [0.2, 0.25) is 0 Å². The summed E-state index contributed by atoms with van der Waals surface area (Å²) < 4.78 is 1.44. The summed E-state index contributed by atoms with van der Waals surface area (Å²) in [6, 6.07) is 5.12. The molecule has 3 aromatic rings. The fourth-order valence-corrected chi connectivity index (χ4v) is 6.64. The molecule has 9 nitrogen and oxygen atoms in total. The van der Waals surface area contributed by atoms with Gasteiger partial charge in [0.1, 0.15) is 0 Å². The highest BCUT2D eigenvalue weighted by Gasteiger charge is 2.60. The summed E-state index contributed by atoms with van der Waals surface area (Å²) in [5.74, 6) is 1.03. The smallest absolute Gasteiger partial charge is 0.260 e. The zero-order valence-electron chi connectivity index (χ0n) is 16.8. The predicted octanol–water partition coefficient (Wildman–Crippen LogP) is 1.40. The molecular formula is C21H23N7O2. The van der Waals surface area contributed by atoms with Gasteiger partial charge in [0.05, 0.1) is 22.8 Å². The number of fused-ring (bicyclic) bond motifs is 1. The Kier molecular flexibility index (Phi) is 3.52. The van der Waals surface area contributed by atoms with Crippen molar-refractivity contribution in [3.8, 4) is 0 Å². The number of carbonyl (C=O) groups is 1. The first-order valence-corrected chi connectivity index (χ1v) is 10.5. The lowest BCUT2D eigenvalue weighted by Crippen LogP contribution is -2.66. The summed E-state index contributed by atoms with van der Waals surface area (Å²) >= 11 is 0. The number of hydrogen-bond donors (Lipinski definition) is 1. The van der Waals surface area contributed by atoms with Crippen LogP contribution < -0.4 is 10.9 Å². The fraction of sp³-hybridized carbons (Fsp3) is 0.524. The van der Waals surface area contributed by atoms with Crippen molar-refractivity contribution in [3.05, 3.63) is 46.8 Å². The highest BCUT2D eigenvalue weighted by atomic mass is 16.2. The van der Waals surface area contributed by atoms with Crippen LogP contribution in [0.4, 0.5) is 0 Å². The number of nitrogens with zero attached hydrogens (tertiary/aromatic N) is 6. The van der Waals surface area contributed by atoms with Gasteiger partial charge in [0.25, 0.3) is 11.5 Å². The molecule has 4 saturated carbocycles. The Labute approximate surface area is 172 Å². The Hall–Kier alpha value is -3.10. The molecule has 2 atom stereocenters. The maximum atomic E-state index is 13.2. The molecule has 4 fully saturated rings. The van der Waals surface area contributed by atoms with Crippen molar-refractivity contribution in [2.45, 2.75) is 49.6 Å². The van der Waals surface area contributed by atoms with E-state index in [1.165, 1.54) is 23.6 Å². The number of nitrogens with one attached hydrogen (secondary N) is 1. The van der Waals surface area contributed by atoms with E-state index < -0.39 is 0 Å². The number of amides is 1. The normalized spacial score (nSPS) is 31.9. The third kappa shape index (κ3) is 2.54. The molecule has 0 saturated heterocycles. The second-order valence-corrected chi connectivity index (χ2v) is 9.54. The molecule has 4 aliphatic rings. The highest BCUT2D eigenvalue weighted by Crippen LogP contribution is 2.60. The first kappa shape index (κ1) is 17.7. The first-order chi connectivity index (χ1) is 14.5. The predicted molar refractivity (Wildman–Crippen MR) is 108 cm³/mol. The van der Waals surface area contributed by atoms with Crippen molar-refractivity contribution in [1.82, 2.24) is 35.1 Å². The molecule has 4 bridgehead atoms. The van der Waals surface area contributed by atoms with E-state index in [0.29, 0.717) is 28.3 Å². The zero-order valence-corrected chi connectivity index (χ0v) is 16.8. The molecule has 1 N–H and O–H groups in total. The van der Waals surface area contributed by atoms with E-state index >= 15 is 0 Å². The van der Waals surface area contributed by atoms with Crippen LogP contribution in [0.1, 0.15) is 48.9 Å². The molecule has 0 aliphatic heterocycles. The maximum absolute atomic E-state index is 13.2. The van der Waals surface area contributed by atoms with E-state index in [2.05, 4.69) is 25.7 Å². The number of carbonyl (C=O) groups excluding carboxylic acids is 1. The molecule has 9 heteroatoms. The van der Waals surface area contributed by atoms with Gasteiger partial charge < -0.3 is 9.88 Å². The maximum Gasteiger partial charge on any atom is 0.260 e. The Morgan fingerprint density at radius 3 is 2.73 bits per heavy atom. The quantitative estimate of drug-likeness (QED) is 0.706. The molecule has 1 aromatic carbocycles. The van der Waals surface area contributed by atoms with Gasteiger partial charge in [-0.15, -0.1) is 10.2 Å². The second-order valence-electron chi connectivity index (χ2n) is 9.54. The van der Waals surface area contributed by atoms with Gasteiger partial charge in [-0.05, 0) is 73.8 Å². The molecule has 7 rings (SSSR count). The lowest BCUT2D eigenvalue weighted by Gasteiger charge is -2.61. The highest BCUT2D eigenvalue weighted by molar-refractivity contribution is 5.98. The summed E-state index contributed by atoms with van der Waals surface area (Å²) in [6.45, 7) is 0. The molecule has 154 valence electrons. The van der Waals surface area contributed by atoms with Crippen molar-refractivity contribution >= 4 is 16.8 Å². The van der Waals surface area contributed by atoms with E-state index in [1.807, 2.05) is 0 Å². The molecule has 0 radical (unpaired) electrons. The standard InChI is InChI=1S/C21H23N7O2/c1-27-12-22-17-5-15(2-3-16(17)19(27)30)18(29)25-20-6-13-4-14(7-20)9-21(8-13,10-20)28-24-11-23-26-28/h2-3,5,11-14H,4,6-10H2,1H3,(H,25,29). The van der Waals surface area contributed by atoms with Gasteiger partial charge in [-0.2, -0.15) is 4.80 Å². The number of benzene rings is 1. The monoisotopic (exact) mass is 405 g/mol.